The maximum Gasteiger partial charge on any atom is 0.251 e. The molecule has 0 radical (unpaired) electrons. The first kappa shape index (κ1) is 36.2. The third-order valence-corrected chi connectivity index (χ3v) is 9.43. The van der Waals surface area contributed by atoms with Crippen LogP contribution in [0.2, 0.25) is 0 Å². The molecule has 3 aromatic carbocycles. The van der Waals surface area contributed by atoms with Crippen molar-refractivity contribution in [2.45, 2.75) is 50.0 Å². The zero-order chi connectivity index (χ0) is 35.1. The number of hydroxylamine groups is 2. The van der Waals surface area contributed by atoms with Crippen LogP contribution in [0.5, 0.6) is 5.75 Å². The second kappa shape index (κ2) is 16.6. The summed E-state index contributed by atoms with van der Waals surface area (Å²) in [6.45, 7) is 0.745. The van der Waals surface area contributed by atoms with E-state index in [4.69, 9.17) is 15.3 Å². The average Bonchev–Trinajstić information content (AvgIpc) is 3.72. The van der Waals surface area contributed by atoms with E-state index in [0.29, 0.717) is 29.8 Å². The first-order chi connectivity index (χ1) is 23.7. The molecule has 264 valence electrons. The van der Waals surface area contributed by atoms with Crippen molar-refractivity contribution < 1.29 is 34.5 Å². The molecule has 0 spiro atoms. The molecule has 5 rings (SSSR count). The second-order valence-electron chi connectivity index (χ2n) is 13.2. The van der Waals surface area contributed by atoms with Crippen molar-refractivity contribution in [2.75, 3.05) is 59.0 Å². The van der Waals surface area contributed by atoms with Crippen LogP contribution >= 0.6 is 0 Å². The quantitative estimate of drug-likeness (QED) is 0.161. The standard InChI is InChI=1S/C37H49N5O7/c1-40(2)20-28(15-24-9-5-4-6-10-24)39-37(47)27-16-26(17-30(18-27)41-14-8-12-29(41)21-43)31-13-7-11-25(35(31)48-3)19-42-34(36(38)46)32(22-44)33(23-45)49-42/h4-7,9-11,13,16-18,28-29,32-34,43-45H,8,12,14-15,19-23H2,1-3H3,(H2,38,46)(H,39,47)/t28-,29+,32+,33-,34-/m0/s1. The van der Waals surface area contributed by atoms with Gasteiger partial charge in [-0.1, -0.05) is 48.5 Å². The van der Waals surface area contributed by atoms with Crippen molar-refractivity contribution >= 4 is 17.5 Å². The van der Waals surface area contributed by atoms with E-state index < -0.39 is 24.0 Å². The molecule has 2 saturated heterocycles. The number of rotatable bonds is 15. The smallest absolute Gasteiger partial charge is 0.251 e. The number of anilines is 1. The molecule has 0 aromatic heterocycles. The summed E-state index contributed by atoms with van der Waals surface area (Å²) >= 11 is 0. The molecule has 6 N–H and O–H groups in total. The molecular weight excluding hydrogens is 626 g/mol. The molecule has 49 heavy (non-hydrogen) atoms. The molecule has 12 nitrogen and oxygen atoms in total. The molecule has 2 aliphatic rings. The Morgan fingerprint density at radius 2 is 1.82 bits per heavy atom. The molecule has 0 saturated carbocycles. The number of carbonyl (C=O) groups excluding carboxylic acids is 2. The highest BCUT2D eigenvalue weighted by Crippen LogP contribution is 2.39. The molecule has 2 amide bonds. The van der Waals surface area contributed by atoms with Crippen LogP contribution in [0.3, 0.4) is 0 Å². The molecule has 3 aromatic rings. The number of ether oxygens (including phenoxy) is 1. The number of nitrogens with zero attached hydrogens (tertiary/aromatic N) is 3. The van der Waals surface area contributed by atoms with Crippen molar-refractivity contribution in [1.29, 1.82) is 0 Å². The summed E-state index contributed by atoms with van der Waals surface area (Å²) in [7, 11) is 5.52. The van der Waals surface area contributed by atoms with Crippen molar-refractivity contribution in [3.63, 3.8) is 0 Å². The van der Waals surface area contributed by atoms with Crippen LogP contribution in [0.15, 0.2) is 66.7 Å². The van der Waals surface area contributed by atoms with Gasteiger partial charge in [0.15, 0.2) is 0 Å². The van der Waals surface area contributed by atoms with Crippen molar-refractivity contribution in [3.8, 4) is 16.9 Å². The monoisotopic (exact) mass is 675 g/mol. The van der Waals surface area contributed by atoms with E-state index in [2.05, 4.69) is 27.2 Å². The molecule has 2 aliphatic heterocycles. The number of amides is 2. The molecule has 2 fully saturated rings. The van der Waals surface area contributed by atoms with Gasteiger partial charge in [-0.25, -0.2) is 0 Å². The van der Waals surface area contributed by atoms with E-state index in [0.717, 1.165) is 41.8 Å². The summed E-state index contributed by atoms with van der Waals surface area (Å²) < 4.78 is 5.97. The minimum absolute atomic E-state index is 0.00702. The third kappa shape index (κ3) is 8.41. The van der Waals surface area contributed by atoms with Crippen LogP contribution in [0.4, 0.5) is 5.69 Å². The fourth-order valence-corrected chi connectivity index (χ4v) is 7.15. The van der Waals surface area contributed by atoms with Crippen molar-refractivity contribution in [3.05, 3.63) is 83.4 Å². The number of nitrogens with one attached hydrogen (secondary N) is 1. The van der Waals surface area contributed by atoms with Gasteiger partial charge in [0.05, 0.1) is 39.5 Å². The lowest BCUT2D eigenvalue weighted by Crippen LogP contribution is -2.44. The summed E-state index contributed by atoms with van der Waals surface area (Å²) in [4.78, 5) is 36.6. The number of nitrogens with two attached hydrogens (primary N) is 1. The number of primary amides is 1. The van der Waals surface area contributed by atoms with Crippen LogP contribution in [0, 0.1) is 5.92 Å². The van der Waals surface area contributed by atoms with Gasteiger partial charge in [0.2, 0.25) is 5.91 Å². The van der Waals surface area contributed by atoms with Crippen molar-refractivity contribution in [1.82, 2.24) is 15.3 Å². The number of hydrogen-bond acceptors (Lipinski definition) is 10. The van der Waals surface area contributed by atoms with Gasteiger partial charge in [-0.15, -0.1) is 0 Å². The van der Waals surface area contributed by atoms with Crippen LogP contribution < -0.4 is 20.7 Å². The summed E-state index contributed by atoms with van der Waals surface area (Å²) in [5.41, 5.74) is 10.3. The Balaban J connectivity index is 1.52. The molecule has 0 aliphatic carbocycles. The molecular formula is C37H49N5O7. The fraction of sp³-hybridized carbons (Fsp3) is 0.459. The van der Waals surface area contributed by atoms with Gasteiger partial charge in [0.25, 0.3) is 5.91 Å². The van der Waals surface area contributed by atoms with Gasteiger partial charge in [-0.05, 0) is 62.7 Å². The summed E-state index contributed by atoms with van der Waals surface area (Å²) in [5, 5.41) is 34.6. The van der Waals surface area contributed by atoms with Crippen LogP contribution in [0.1, 0.15) is 34.3 Å². The van der Waals surface area contributed by atoms with Gasteiger partial charge in [-0.2, -0.15) is 5.06 Å². The van der Waals surface area contributed by atoms with E-state index in [1.165, 1.54) is 5.06 Å². The lowest BCUT2D eigenvalue weighted by Gasteiger charge is -2.27. The lowest BCUT2D eigenvalue weighted by atomic mass is 9.94. The Labute approximate surface area is 288 Å². The highest BCUT2D eigenvalue weighted by Gasteiger charge is 2.46. The Morgan fingerprint density at radius 1 is 1.04 bits per heavy atom. The number of likely N-dealkylation sites (N-methyl/N-ethyl adjacent to an activating group) is 1. The number of benzene rings is 3. The van der Waals surface area contributed by atoms with Gasteiger partial charge in [-0.3, -0.25) is 14.4 Å². The Hall–Kier alpha value is -4.04. The fourth-order valence-electron chi connectivity index (χ4n) is 7.15. The largest absolute Gasteiger partial charge is 0.496 e. The highest BCUT2D eigenvalue weighted by molar-refractivity contribution is 5.97. The van der Waals surface area contributed by atoms with E-state index in [1.807, 2.05) is 68.7 Å². The number of hydrogen-bond donors (Lipinski definition) is 5. The SMILES string of the molecule is COc1c(CN2O[C@@H](CO)[C@@H](CO)[C@H]2C(N)=O)cccc1-c1cc(C(=O)N[C@@H](Cc2ccccc2)CN(C)C)cc(N2CCC[C@@H]2CO)c1. The van der Waals surface area contributed by atoms with E-state index in [9.17, 15) is 24.9 Å². The molecule has 2 heterocycles. The predicted octanol–water partition coefficient (Wildman–Crippen LogP) is 1.80. The summed E-state index contributed by atoms with van der Waals surface area (Å²) in [6, 6.07) is 20.3. The number of aliphatic hydroxyl groups excluding tert-OH is 3. The van der Waals surface area contributed by atoms with E-state index in [-0.39, 0.29) is 44.4 Å². The van der Waals surface area contributed by atoms with Crippen LogP contribution in [-0.2, 0) is 22.6 Å². The van der Waals surface area contributed by atoms with Crippen molar-refractivity contribution in [2.24, 2.45) is 11.7 Å². The maximum atomic E-state index is 14.1. The molecule has 0 unspecified atom stereocenters. The zero-order valence-corrected chi connectivity index (χ0v) is 28.5. The van der Waals surface area contributed by atoms with Crippen LogP contribution in [0.25, 0.3) is 11.1 Å². The molecule has 12 heteroatoms. The predicted molar refractivity (Wildman–Crippen MR) is 187 cm³/mol. The minimum Gasteiger partial charge on any atom is -0.496 e. The molecule has 0 bridgehead atoms. The number of aliphatic hydroxyl groups is 3. The molecule has 5 atom stereocenters. The Kier molecular flexibility index (Phi) is 12.3. The minimum atomic E-state index is -0.953. The second-order valence-corrected chi connectivity index (χ2v) is 13.2. The van der Waals surface area contributed by atoms with Gasteiger partial charge in [0, 0.05) is 47.4 Å². The maximum absolute atomic E-state index is 14.1. The topological polar surface area (TPSA) is 161 Å². The Bertz CT molecular complexity index is 1570. The first-order valence-corrected chi connectivity index (χ1v) is 16.8. The Morgan fingerprint density at radius 3 is 2.47 bits per heavy atom. The zero-order valence-electron chi connectivity index (χ0n) is 28.5. The number of para-hydroxylation sites is 1. The normalized spacial score (nSPS) is 21.7. The van der Waals surface area contributed by atoms with Gasteiger partial charge in [0.1, 0.15) is 17.9 Å². The average molecular weight is 676 g/mol. The number of methoxy groups -OCH3 is 1. The third-order valence-electron chi connectivity index (χ3n) is 9.43. The van der Waals surface area contributed by atoms with Crippen LogP contribution in [-0.4, -0.2) is 115 Å². The number of carbonyl (C=O) groups is 2. The summed E-state index contributed by atoms with van der Waals surface area (Å²) in [6.07, 6.45) is 1.67. The van der Waals surface area contributed by atoms with E-state index >= 15 is 0 Å². The first-order valence-electron chi connectivity index (χ1n) is 16.8. The lowest BCUT2D eigenvalue weighted by molar-refractivity contribution is -0.180. The van der Waals surface area contributed by atoms with E-state index in [1.54, 1.807) is 7.11 Å². The van der Waals surface area contributed by atoms with Gasteiger partial charge >= 0.3 is 0 Å². The summed E-state index contributed by atoms with van der Waals surface area (Å²) in [5.74, 6) is -1.05. The van der Waals surface area contributed by atoms with Gasteiger partial charge < -0.3 is 40.9 Å². The highest BCUT2D eigenvalue weighted by atomic mass is 16.7.